The van der Waals surface area contributed by atoms with Gasteiger partial charge in [0.1, 0.15) is 0 Å². The lowest BCUT2D eigenvalue weighted by atomic mass is 9.97. The summed E-state index contributed by atoms with van der Waals surface area (Å²) in [6, 6.07) is 0.724. The molecule has 0 bridgehead atoms. The van der Waals surface area contributed by atoms with Crippen LogP contribution < -0.4 is 0 Å². The number of likely N-dealkylation sites (tertiary alicyclic amines) is 1. The second-order valence-corrected chi connectivity index (χ2v) is 4.75. The minimum absolute atomic E-state index is 0.174. The van der Waals surface area contributed by atoms with Gasteiger partial charge in [0.2, 0.25) is 0 Å². The van der Waals surface area contributed by atoms with Gasteiger partial charge in [0, 0.05) is 32.0 Å². The molecular formula is C10H14N2O3. The summed E-state index contributed by atoms with van der Waals surface area (Å²) >= 11 is 0. The van der Waals surface area contributed by atoms with Crippen LogP contribution in [0.1, 0.15) is 25.7 Å². The molecular weight excluding hydrogens is 196 g/mol. The predicted molar refractivity (Wildman–Crippen MR) is 52.7 cm³/mol. The first-order valence-electron chi connectivity index (χ1n) is 5.41. The lowest BCUT2D eigenvalue weighted by Crippen LogP contribution is -2.35. The molecule has 15 heavy (non-hydrogen) atoms. The molecule has 1 aliphatic carbocycles. The normalized spacial score (nSPS) is 35.6. The van der Waals surface area contributed by atoms with Crippen molar-refractivity contribution in [1.29, 1.82) is 0 Å². The van der Waals surface area contributed by atoms with Crippen molar-refractivity contribution in [1.82, 2.24) is 4.90 Å². The van der Waals surface area contributed by atoms with Crippen LogP contribution in [0.15, 0.2) is 5.16 Å². The molecule has 0 aromatic heterocycles. The van der Waals surface area contributed by atoms with E-state index in [0.29, 0.717) is 6.42 Å². The van der Waals surface area contributed by atoms with Gasteiger partial charge in [0.05, 0.1) is 0 Å². The van der Waals surface area contributed by atoms with Gasteiger partial charge in [-0.25, -0.2) is 4.79 Å². The minimum atomic E-state index is -0.947. The van der Waals surface area contributed by atoms with Gasteiger partial charge >= 0.3 is 5.97 Å². The standard InChI is InChI=1S/C10H14N2O3/c13-9(14)8-5-10(15-11-8)3-4-12(6-10)7-1-2-7/h7H,1-6H2,(H,13,14). The van der Waals surface area contributed by atoms with Crippen molar-refractivity contribution in [3.05, 3.63) is 0 Å². The molecule has 2 heterocycles. The number of nitrogens with zero attached hydrogens (tertiary/aromatic N) is 2. The zero-order chi connectivity index (χ0) is 10.5. The molecule has 1 N–H and O–H groups in total. The van der Waals surface area contributed by atoms with Crippen molar-refractivity contribution in [3.8, 4) is 0 Å². The Kier molecular flexibility index (Phi) is 1.80. The van der Waals surface area contributed by atoms with E-state index in [4.69, 9.17) is 9.94 Å². The molecule has 1 saturated carbocycles. The summed E-state index contributed by atoms with van der Waals surface area (Å²) in [5.41, 5.74) is -0.149. The van der Waals surface area contributed by atoms with Crippen molar-refractivity contribution in [3.63, 3.8) is 0 Å². The monoisotopic (exact) mass is 210 g/mol. The summed E-state index contributed by atoms with van der Waals surface area (Å²) in [6.45, 7) is 1.87. The van der Waals surface area contributed by atoms with Crippen molar-refractivity contribution in [2.75, 3.05) is 13.1 Å². The van der Waals surface area contributed by atoms with Crippen LogP contribution >= 0.6 is 0 Å². The Labute approximate surface area is 87.7 Å². The molecule has 82 valence electrons. The molecule has 5 nitrogen and oxygen atoms in total. The highest BCUT2D eigenvalue weighted by molar-refractivity contribution is 6.36. The Morgan fingerprint density at radius 3 is 3.00 bits per heavy atom. The van der Waals surface area contributed by atoms with Gasteiger partial charge in [-0.15, -0.1) is 0 Å². The molecule has 5 heteroatoms. The third kappa shape index (κ3) is 1.51. The molecule has 2 fully saturated rings. The maximum absolute atomic E-state index is 10.7. The highest BCUT2D eigenvalue weighted by Crippen LogP contribution is 2.39. The number of hydrogen-bond acceptors (Lipinski definition) is 4. The average Bonchev–Trinajstić information content (AvgIpc) is 2.85. The third-order valence-electron chi connectivity index (χ3n) is 3.50. The summed E-state index contributed by atoms with van der Waals surface area (Å²) in [6.07, 6.45) is 3.93. The fraction of sp³-hybridized carbons (Fsp3) is 0.800. The first kappa shape index (κ1) is 9.15. The third-order valence-corrected chi connectivity index (χ3v) is 3.50. The summed E-state index contributed by atoms with van der Waals surface area (Å²) in [7, 11) is 0. The second-order valence-electron chi connectivity index (χ2n) is 4.75. The molecule has 0 radical (unpaired) electrons. The van der Waals surface area contributed by atoms with Crippen LogP contribution in [0.5, 0.6) is 0 Å². The number of oxime groups is 1. The Bertz CT molecular complexity index is 338. The maximum Gasteiger partial charge on any atom is 0.353 e. The lowest BCUT2D eigenvalue weighted by Gasteiger charge is -2.21. The first-order valence-corrected chi connectivity index (χ1v) is 5.41. The Morgan fingerprint density at radius 2 is 2.40 bits per heavy atom. The fourth-order valence-electron chi connectivity index (χ4n) is 2.48. The zero-order valence-corrected chi connectivity index (χ0v) is 8.48. The Balaban J connectivity index is 1.66. The summed E-state index contributed by atoms with van der Waals surface area (Å²) < 4.78 is 0. The topological polar surface area (TPSA) is 62.1 Å². The number of carboxylic acids is 1. The summed E-state index contributed by atoms with van der Waals surface area (Å²) in [4.78, 5) is 18.5. The van der Waals surface area contributed by atoms with E-state index >= 15 is 0 Å². The van der Waals surface area contributed by atoms with Crippen LogP contribution in [-0.2, 0) is 9.63 Å². The molecule has 3 rings (SSSR count). The van der Waals surface area contributed by atoms with Gasteiger partial charge in [0.15, 0.2) is 11.3 Å². The van der Waals surface area contributed by atoms with Crippen LogP contribution in [-0.4, -0.2) is 46.4 Å². The van der Waals surface area contributed by atoms with Gasteiger partial charge in [-0.3, -0.25) is 4.90 Å². The molecule has 1 spiro atoms. The van der Waals surface area contributed by atoms with E-state index in [-0.39, 0.29) is 11.3 Å². The molecule has 2 aliphatic heterocycles. The molecule has 1 unspecified atom stereocenters. The molecule has 1 saturated heterocycles. The number of carbonyl (C=O) groups is 1. The number of hydrogen-bond donors (Lipinski definition) is 1. The maximum atomic E-state index is 10.7. The molecule has 0 aromatic rings. The van der Waals surface area contributed by atoms with Gasteiger partial charge in [-0.2, -0.15) is 0 Å². The van der Waals surface area contributed by atoms with E-state index in [1.54, 1.807) is 0 Å². The fourth-order valence-corrected chi connectivity index (χ4v) is 2.48. The van der Waals surface area contributed by atoms with Gasteiger partial charge in [-0.05, 0) is 12.8 Å². The largest absolute Gasteiger partial charge is 0.477 e. The summed E-state index contributed by atoms with van der Waals surface area (Å²) in [5, 5.41) is 12.5. The van der Waals surface area contributed by atoms with E-state index in [1.165, 1.54) is 12.8 Å². The van der Waals surface area contributed by atoms with Gasteiger partial charge in [0.25, 0.3) is 0 Å². The van der Waals surface area contributed by atoms with Crippen LogP contribution in [0.4, 0.5) is 0 Å². The summed E-state index contributed by atoms with van der Waals surface area (Å²) in [5.74, 6) is -0.947. The second kappa shape index (κ2) is 2.95. The molecule has 0 aromatic carbocycles. The van der Waals surface area contributed by atoms with Crippen LogP contribution in [0.2, 0.25) is 0 Å². The highest BCUT2D eigenvalue weighted by Gasteiger charge is 2.49. The van der Waals surface area contributed by atoms with Gasteiger partial charge in [-0.1, -0.05) is 5.16 Å². The quantitative estimate of drug-likeness (QED) is 0.719. The Hall–Kier alpha value is -1.10. The predicted octanol–water partition coefficient (Wildman–Crippen LogP) is 0.454. The Morgan fingerprint density at radius 1 is 1.60 bits per heavy atom. The average molecular weight is 210 g/mol. The van der Waals surface area contributed by atoms with Crippen molar-refractivity contribution in [2.24, 2.45) is 5.16 Å². The number of aliphatic carboxylic acids is 1. The smallest absolute Gasteiger partial charge is 0.353 e. The molecule has 3 aliphatic rings. The minimum Gasteiger partial charge on any atom is -0.477 e. The van der Waals surface area contributed by atoms with Crippen LogP contribution in [0, 0.1) is 0 Å². The number of carboxylic acid groups (broad SMARTS) is 1. The van der Waals surface area contributed by atoms with E-state index < -0.39 is 5.97 Å². The molecule has 0 amide bonds. The van der Waals surface area contributed by atoms with Crippen molar-refractivity contribution < 1.29 is 14.7 Å². The zero-order valence-electron chi connectivity index (χ0n) is 8.48. The first-order chi connectivity index (χ1) is 7.19. The molecule has 1 atom stereocenters. The van der Waals surface area contributed by atoms with Crippen LogP contribution in [0.3, 0.4) is 0 Å². The highest BCUT2D eigenvalue weighted by atomic mass is 16.7. The van der Waals surface area contributed by atoms with Gasteiger partial charge < -0.3 is 9.94 Å². The van der Waals surface area contributed by atoms with Crippen molar-refractivity contribution >= 4 is 11.7 Å². The SMILES string of the molecule is O=C(O)C1=NOC2(CCN(C3CC3)C2)C1. The van der Waals surface area contributed by atoms with E-state index in [1.807, 2.05) is 0 Å². The number of rotatable bonds is 2. The van der Waals surface area contributed by atoms with Crippen molar-refractivity contribution in [2.45, 2.75) is 37.3 Å². The van der Waals surface area contributed by atoms with E-state index in [2.05, 4.69) is 10.1 Å². The van der Waals surface area contributed by atoms with Crippen LogP contribution in [0.25, 0.3) is 0 Å². The van der Waals surface area contributed by atoms with E-state index in [0.717, 1.165) is 25.6 Å². The van der Waals surface area contributed by atoms with E-state index in [9.17, 15) is 4.79 Å². The lowest BCUT2D eigenvalue weighted by molar-refractivity contribution is -0.129.